The Morgan fingerprint density at radius 1 is 1.38 bits per heavy atom. The van der Waals surface area contributed by atoms with E-state index < -0.39 is 6.36 Å². The van der Waals surface area contributed by atoms with E-state index in [0.717, 1.165) is 6.42 Å². The van der Waals surface area contributed by atoms with E-state index in [1.165, 1.54) is 12.1 Å². The number of nitrogens with zero attached hydrogens (tertiary/aromatic N) is 2. The van der Waals surface area contributed by atoms with Crippen LogP contribution < -0.4 is 10.1 Å². The lowest BCUT2D eigenvalue weighted by molar-refractivity contribution is -0.274. The van der Waals surface area contributed by atoms with Crippen LogP contribution in [0.3, 0.4) is 0 Å². The van der Waals surface area contributed by atoms with Crippen LogP contribution in [0.1, 0.15) is 13.3 Å². The molecule has 0 aliphatic carbocycles. The Morgan fingerprint density at radius 3 is 2.81 bits per heavy atom. The van der Waals surface area contributed by atoms with Crippen molar-refractivity contribution < 1.29 is 17.9 Å². The minimum atomic E-state index is -4.75. The van der Waals surface area contributed by atoms with E-state index in [4.69, 9.17) is 0 Å². The van der Waals surface area contributed by atoms with Gasteiger partial charge in [0, 0.05) is 23.4 Å². The van der Waals surface area contributed by atoms with Gasteiger partial charge in [-0.05, 0) is 24.6 Å². The molecule has 2 rings (SSSR count). The molecule has 0 amide bonds. The van der Waals surface area contributed by atoms with Crippen LogP contribution in [0.15, 0.2) is 35.1 Å². The Balaban J connectivity index is 2.28. The third-order valence-corrected chi connectivity index (χ3v) is 3.09. The first kappa shape index (κ1) is 15.7. The first-order valence-electron chi connectivity index (χ1n) is 6.22. The summed E-state index contributed by atoms with van der Waals surface area (Å²) >= 11 is 3.13. The van der Waals surface area contributed by atoms with Gasteiger partial charge in [0.1, 0.15) is 0 Å². The lowest BCUT2D eigenvalue weighted by Crippen LogP contribution is -2.18. The van der Waals surface area contributed by atoms with Gasteiger partial charge in [0.15, 0.2) is 5.75 Å². The molecule has 1 aromatic carbocycles. The van der Waals surface area contributed by atoms with Crippen LogP contribution in [0.2, 0.25) is 0 Å². The maximum Gasteiger partial charge on any atom is 0.573 e. The Hall–Kier alpha value is -1.70. The predicted octanol–water partition coefficient (Wildman–Crippen LogP) is 4.70. The summed E-state index contributed by atoms with van der Waals surface area (Å²) in [5.74, 6) is 0.147. The van der Waals surface area contributed by atoms with Crippen molar-refractivity contribution in [2.45, 2.75) is 26.3 Å². The third-order valence-electron chi connectivity index (χ3n) is 2.60. The average molecular weight is 364 g/mol. The molecule has 0 spiro atoms. The normalized spacial score (nSPS) is 11.5. The molecule has 0 fully saturated rings. The Kier molecular flexibility index (Phi) is 4.76. The van der Waals surface area contributed by atoms with Crippen LogP contribution in [-0.4, -0.2) is 15.9 Å². The third kappa shape index (κ3) is 4.38. The second-order valence-corrected chi connectivity index (χ2v) is 5.17. The second kappa shape index (κ2) is 6.38. The molecule has 0 bridgehead atoms. The summed E-state index contributed by atoms with van der Waals surface area (Å²) in [6, 6.07) is 4.37. The molecule has 0 unspecified atom stereocenters. The summed E-state index contributed by atoms with van der Waals surface area (Å²) in [5, 5.41) is 2.86. The SMILES string of the molecule is CCCn1ccnc1Nc1ccc(Br)cc1OC(F)(F)F. The molecule has 1 aromatic heterocycles. The number of benzene rings is 1. The van der Waals surface area contributed by atoms with E-state index in [1.807, 2.05) is 11.5 Å². The number of aryl methyl sites for hydroxylation is 1. The number of rotatable bonds is 5. The van der Waals surface area contributed by atoms with Gasteiger partial charge in [-0.25, -0.2) is 4.98 Å². The van der Waals surface area contributed by atoms with Gasteiger partial charge in [-0.1, -0.05) is 22.9 Å². The molecule has 21 heavy (non-hydrogen) atoms. The van der Waals surface area contributed by atoms with Crippen LogP contribution in [0.5, 0.6) is 5.75 Å². The van der Waals surface area contributed by atoms with Crippen molar-refractivity contribution in [2.75, 3.05) is 5.32 Å². The maximum atomic E-state index is 12.4. The molecule has 1 N–H and O–H groups in total. The first-order valence-corrected chi connectivity index (χ1v) is 7.02. The molecule has 8 heteroatoms. The second-order valence-electron chi connectivity index (χ2n) is 4.26. The van der Waals surface area contributed by atoms with Crippen LogP contribution in [-0.2, 0) is 6.54 Å². The average Bonchev–Trinajstić information content (AvgIpc) is 2.79. The fourth-order valence-corrected chi connectivity index (χ4v) is 2.12. The standard InChI is InChI=1S/C13H13BrF3N3O/c1-2-6-20-7-5-18-12(20)19-10-4-3-9(14)8-11(10)21-13(15,16)17/h3-5,7-8H,2,6H2,1H3,(H,18,19). The summed E-state index contributed by atoms with van der Waals surface area (Å²) < 4.78 is 43.7. The van der Waals surface area contributed by atoms with E-state index in [0.29, 0.717) is 17.0 Å². The van der Waals surface area contributed by atoms with Crippen molar-refractivity contribution in [1.82, 2.24) is 9.55 Å². The zero-order valence-electron chi connectivity index (χ0n) is 11.1. The van der Waals surface area contributed by atoms with Gasteiger partial charge >= 0.3 is 6.36 Å². The number of hydrogen-bond acceptors (Lipinski definition) is 3. The predicted molar refractivity (Wildman–Crippen MR) is 76.6 cm³/mol. The van der Waals surface area contributed by atoms with Crippen molar-refractivity contribution >= 4 is 27.6 Å². The van der Waals surface area contributed by atoms with Gasteiger partial charge in [0.2, 0.25) is 5.95 Å². The van der Waals surface area contributed by atoms with Gasteiger partial charge in [0.25, 0.3) is 0 Å². The summed E-state index contributed by atoms with van der Waals surface area (Å²) in [6.07, 6.45) is -0.524. The van der Waals surface area contributed by atoms with Crippen LogP contribution >= 0.6 is 15.9 Å². The molecule has 0 radical (unpaired) electrons. The van der Waals surface area contributed by atoms with Gasteiger partial charge in [0.05, 0.1) is 5.69 Å². The van der Waals surface area contributed by atoms with Crippen molar-refractivity contribution in [2.24, 2.45) is 0 Å². The minimum Gasteiger partial charge on any atom is -0.404 e. The first-order chi connectivity index (χ1) is 9.89. The van der Waals surface area contributed by atoms with Gasteiger partial charge in [-0.2, -0.15) is 0 Å². The van der Waals surface area contributed by atoms with Crippen molar-refractivity contribution in [3.8, 4) is 5.75 Å². The van der Waals surface area contributed by atoms with E-state index in [2.05, 4.69) is 31.0 Å². The fourth-order valence-electron chi connectivity index (χ4n) is 1.78. The molecule has 114 valence electrons. The molecular weight excluding hydrogens is 351 g/mol. The van der Waals surface area contributed by atoms with Crippen molar-refractivity contribution in [3.63, 3.8) is 0 Å². The monoisotopic (exact) mass is 363 g/mol. The number of ether oxygens (including phenoxy) is 1. The van der Waals surface area contributed by atoms with E-state index >= 15 is 0 Å². The number of alkyl halides is 3. The number of nitrogens with one attached hydrogen (secondary N) is 1. The highest BCUT2D eigenvalue weighted by atomic mass is 79.9. The molecule has 1 heterocycles. The van der Waals surface area contributed by atoms with Crippen molar-refractivity contribution in [3.05, 3.63) is 35.1 Å². The molecule has 0 aliphatic heterocycles. The molecule has 0 saturated carbocycles. The lowest BCUT2D eigenvalue weighted by Gasteiger charge is -2.15. The zero-order chi connectivity index (χ0) is 15.5. The largest absolute Gasteiger partial charge is 0.573 e. The summed E-state index contributed by atoms with van der Waals surface area (Å²) in [5.41, 5.74) is 0.194. The van der Waals surface area contributed by atoms with Crippen LogP contribution in [0.4, 0.5) is 24.8 Å². The fraction of sp³-hybridized carbons (Fsp3) is 0.308. The zero-order valence-corrected chi connectivity index (χ0v) is 12.7. The van der Waals surface area contributed by atoms with Gasteiger partial charge in [-0.15, -0.1) is 13.2 Å². The maximum absolute atomic E-state index is 12.4. The molecular formula is C13H13BrF3N3O. The highest BCUT2D eigenvalue weighted by Crippen LogP contribution is 2.34. The quantitative estimate of drug-likeness (QED) is 0.836. The Bertz CT molecular complexity index is 613. The number of anilines is 2. The van der Waals surface area contributed by atoms with E-state index in [1.54, 1.807) is 18.5 Å². The Morgan fingerprint density at radius 2 is 2.14 bits per heavy atom. The summed E-state index contributed by atoms with van der Waals surface area (Å²) in [4.78, 5) is 4.09. The van der Waals surface area contributed by atoms with Crippen molar-refractivity contribution in [1.29, 1.82) is 0 Å². The van der Waals surface area contributed by atoms with Crippen LogP contribution in [0.25, 0.3) is 0 Å². The van der Waals surface area contributed by atoms with Gasteiger partial charge < -0.3 is 14.6 Å². The molecule has 4 nitrogen and oxygen atoms in total. The van der Waals surface area contributed by atoms with E-state index in [9.17, 15) is 13.2 Å². The summed E-state index contributed by atoms with van der Waals surface area (Å²) in [7, 11) is 0. The smallest absolute Gasteiger partial charge is 0.404 e. The Labute approximate surface area is 128 Å². The molecule has 0 saturated heterocycles. The van der Waals surface area contributed by atoms with Crippen LogP contribution in [0, 0.1) is 0 Å². The number of imidazole rings is 1. The minimum absolute atomic E-state index is 0.194. The highest BCUT2D eigenvalue weighted by molar-refractivity contribution is 9.10. The molecule has 2 aromatic rings. The highest BCUT2D eigenvalue weighted by Gasteiger charge is 2.32. The lowest BCUT2D eigenvalue weighted by atomic mass is 10.3. The topological polar surface area (TPSA) is 39.1 Å². The molecule has 0 atom stereocenters. The number of hydrogen-bond donors (Lipinski definition) is 1. The van der Waals surface area contributed by atoms with E-state index in [-0.39, 0.29) is 11.4 Å². The summed E-state index contributed by atoms with van der Waals surface area (Å²) in [6.45, 7) is 2.72. The number of halogens is 4. The van der Waals surface area contributed by atoms with Gasteiger partial charge in [-0.3, -0.25) is 0 Å². The number of aromatic nitrogens is 2. The molecule has 0 aliphatic rings.